The van der Waals surface area contributed by atoms with Crippen LogP contribution in [0.3, 0.4) is 0 Å². The maximum Gasteiger partial charge on any atom is 0.246 e. The molecule has 8 heteroatoms. The minimum Gasteiger partial charge on any atom is -0.359 e. The molecule has 5 aliphatic rings. The monoisotopic (exact) mass is 548 g/mol. The summed E-state index contributed by atoms with van der Waals surface area (Å²) < 4.78 is 6.50. The van der Waals surface area contributed by atoms with Gasteiger partial charge in [0.05, 0.1) is 17.9 Å². The van der Waals surface area contributed by atoms with Gasteiger partial charge in [0.25, 0.3) is 0 Å². The zero-order valence-corrected chi connectivity index (χ0v) is 23.9. The van der Waals surface area contributed by atoms with Gasteiger partial charge in [0.2, 0.25) is 17.7 Å². The van der Waals surface area contributed by atoms with Crippen LogP contribution < -0.4 is 10.6 Å². The highest BCUT2D eigenvalue weighted by Crippen LogP contribution is 2.55. The standard InChI is InChI=1S/C32H44N4O4/c1-21-11-13-24(14-12-21)33-29(37)26-25-15-16-32(40-25)27(26)31(39)36(19-7-18-35-17-6-8-22(2)20-35)28(32)30(38)34-23-9-4-3-5-10-23/h11-16,22-23,25-28H,3-10,17-20H2,1-2H3,(H,33,37)(H,34,38)/t22-,25+,26-,27+,28-,32+/m1/s1. The third-order valence-electron chi connectivity index (χ3n) is 9.81. The normalized spacial score (nSPS) is 33.8. The second kappa shape index (κ2) is 11.3. The van der Waals surface area contributed by atoms with Crippen LogP contribution in [-0.2, 0) is 19.1 Å². The largest absolute Gasteiger partial charge is 0.359 e. The van der Waals surface area contributed by atoms with E-state index in [-0.39, 0.29) is 23.8 Å². The summed E-state index contributed by atoms with van der Waals surface area (Å²) in [6.07, 6.45) is 11.9. The zero-order valence-electron chi connectivity index (χ0n) is 23.9. The predicted molar refractivity (Wildman–Crippen MR) is 154 cm³/mol. The van der Waals surface area contributed by atoms with E-state index >= 15 is 0 Å². The Balaban J connectivity index is 1.23. The van der Waals surface area contributed by atoms with E-state index < -0.39 is 29.6 Å². The number of hydrogen-bond donors (Lipinski definition) is 2. The lowest BCUT2D eigenvalue weighted by atomic mass is 9.74. The van der Waals surface area contributed by atoms with Crippen LogP contribution in [-0.4, -0.2) is 77.5 Å². The first-order valence-corrected chi connectivity index (χ1v) is 15.4. The number of anilines is 1. The lowest BCUT2D eigenvalue weighted by Crippen LogP contribution is -2.56. The molecule has 0 aromatic heterocycles. The van der Waals surface area contributed by atoms with E-state index in [1.807, 2.05) is 43.3 Å². The second-order valence-corrected chi connectivity index (χ2v) is 12.8. The van der Waals surface area contributed by atoms with Gasteiger partial charge in [-0.3, -0.25) is 14.4 Å². The molecule has 3 saturated heterocycles. The van der Waals surface area contributed by atoms with Gasteiger partial charge < -0.3 is 25.2 Å². The Hall–Kier alpha value is -2.71. The fraction of sp³-hybridized carbons (Fsp3) is 0.656. The average molecular weight is 549 g/mol. The van der Waals surface area contributed by atoms with E-state index in [0.717, 1.165) is 57.3 Å². The Bertz CT molecular complexity index is 1150. The van der Waals surface area contributed by atoms with Crippen molar-refractivity contribution in [3.05, 3.63) is 42.0 Å². The molecule has 1 aromatic rings. The molecule has 4 aliphatic heterocycles. The van der Waals surface area contributed by atoms with Gasteiger partial charge in [-0.15, -0.1) is 0 Å². The summed E-state index contributed by atoms with van der Waals surface area (Å²) in [4.78, 5) is 46.0. The molecule has 6 rings (SSSR count). The maximum absolute atomic E-state index is 14.2. The van der Waals surface area contributed by atoms with Crippen molar-refractivity contribution in [3.63, 3.8) is 0 Å². The first-order chi connectivity index (χ1) is 19.4. The van der Waals surface area contributed by atoms with Crippen LogP contribution in [0.2, 0.25) is 0 Å². The van der Waals surface area contributed by atoms with Gasteiger partial charge in [0.1, 0.15) is 11.6 Å². The molecule has 4 heterocycles. The minimum absolute atomic E-state index is 0.131. The average Bonchev–Trinajstić information content (AvgIpc) is 3.58. The lowest BCUT2D eigenvalue weighted by Gasteiger charge is -2.35. The van der Waals surface area contributed by atoms with Crippen molar-refractivity contribution in [2.75, 3.05) is 31.5 Å². The van der Waals surface area contributed by atoms with Crippen LogP contribution in [0.15, 0.2) is 36.4 Å². The lowest BCUT2D eigenvalue weighted by molar-refractivity contribution is -0.141. The summed E-state index contributed by atoms with van der Waals surface area (Å²) in [5.41, 5.74) is 0.701. The number of likely N-dealkylation sites (tertiary alicyclic amines) is 2. The van der Waals surface area contributed by atoms with E-state index in [0.29, 0.717) is 18.2 Å². The van der Waals surface area contributed by atoms with E-state index in [4.69, 9.17) is 4.74 Å². The van der Waals surface area contributed by atoms with Crippen LogP contribution in [0.1, 0.15) is 63.9 Å². The van der Waals surface area contributed by atoms with Crippen molar-refractivity contribution in [2.24, 2.45) is 17.8 Å². The van der Waals surface area contributed by atoms with Crippen molar-refractivity contribution in [1.29, 1.82) is 0 Å². The molecule has 4 fully saturated rings. The highest BCUT2D eigenvalue weighted by atomic mass is 16.5. The summed E-state index contributed by atoms with van der Waals surface area (Å²) >= 11 is 0. The van der Waals surface area contributed by atoms with Crippen LogP contribution in [0.5, 0.6) is 0 Å². The molecule has 1 saturated carbocycles. The molecule has 2 N–H and O–H groups in total. The number of piperidine rings is 1. The fourth-order valence-corrected chi connectivity index (χ4v) is 7.85. The molecule has 0 radical (unpaired) electrons. The summed E-state index contributed by atoms with van der Waals surface area (Å²) in [6.45, 7) is 7.86. The Kier molecular flexibility index (Phi) is 7.75. The molecule has 1 spiro atoms. The SMILES string of the molecule is Cc1ccc(NC(=O)[C@@H]2[C@@H]3C=C[C@]4(O3)[C@@H]2C(=O)N(CCCN2CCC[C@@H](C)C2)[C@@H]4C(=O)NC2CCCCC2)cc1. The first-order valence-electron chi connectivity index (χ1n) is 15.4. The molecule has 0 unspecified atom stereocenters. The number of rotatable bonds is 8. The van der Waals surface area contributed by atoms with Crippen molar-refractivity contribution in [1.82, 2.24) is 15.1 Å². The summed E-state index contributed by atoms with van der Waals surface area (Å²) in [6, 6.07) is 7.02. The number of fused-ring (bicyclic) bond motifs is 1. The Morgan fingerprint density at radius 2 is 1.80 bits per heavy atom. The summed E-state index contributed by atoms with van der Waals surface area (Å²) in [5, 5.41) is 6.29. The van der Waals surface area contributed by atoms with Crippen LogP contribution in [0, 0.1) is 24.7 Å². The van der Waals surface area contributed by atoms with Gasteiger partial charge in [0, 0.05) is 24.8 Å². The van der Waals surface area contributed by atoms with Gasteiger partial charge in [-0.2, -0.15) is 0 Å². The number of hydrogen-bond acceptors (Lipinski definition) is 5. The van der Waals surface area contributed by atoms with Crippen molar-refractivity contribution in [2.45, 2.75) is 89.0 Å². The molecule has 216 valence electrons. The first kappa shape index (κ1) is 27.5. The summed E-state index contributed by atoms with van der Waals surface area (Å²) in [5.74, 6) is -1.18. The van der Waals surface area contributed by atoms with Gasteiger partial charge in [0.15, 0.2) is 0 Å². The number of amides is 3. The molecule has 1 aromatic carbocycles. The topological polar surface area (TPSA) is 91.0 Å². The van der Waals surface area contributed by atoms with Gasteiger partial charge in [-0.05, 0) is 70.2 Å². The van der Waals surface area contributed by atoms with Crippen molar-refractivity contribution < 1.29 is 19.1 Å². The quantitative estimate of drug-likeness (QED) is 0.484. The Morgan fingerprint density at radius 1 is 1.02 bits per heavy atom. The highest BCUT2D eigenvalue weighted by molar-refractivity contribution is 6.02. The third-order valence-corrected chi connectivity index (χ3v) is 9.81. The Labute approximate surface area is 237 Å². The molecule has 2 bridgehead atoms. The minimum atomic E-state index is -1.10. The van der Waals surface area contributed by atoms with Gasteiger partial charge in [-0.1, -0.05) is 56.0 Å². The number of ether oxygens (including phenoxy) is 1. The predicted octanol–water partition coefficient (Wildman–Crippen LogP) is 3.66. The molecule has 1 aliphatic carbocycles. The highest BCUT2D eigenvalue weighted by Gasteiger charge is 2.72. The van der Waals surface area contributed by atoms with Crippen LogP contribution >= 0.6 is 0 Å². The molecule has 40 heavy (non-hydrogen) atoms. The number of nitrogens with zero attached hydrogens (tertiary/aromatic N) is 2. The molecule has 3 amide bonds. The van der Waals surface area contributed by atoms with Crippen molar-refractivity contribution in [3.8, 4) is 0 Å². The van der Waals surface area contributed by atoms with Gasteiger partial charge >= 0.3 is 0 Å². The van der Waals surface area contributed by atoms with E-state index in [2.05, 4.69) is 22.5 Å². The number of nitrogens with one attached hydrogen (secondary N) is 2. The third kappa shape index (κ3) is 5.09. The van der Waals surface area contributed by atoms with Crippen LogP contribution in [0.25, 0.3) is 0 Å². The van der Waals surface area contributed by atoms with Gasteiger partial charge in [-0.25, -0.2) is 0 Å². The van der Waals surface area contributed by atoms with E-state index in [1.54, 1.807) is 4.90 Å². The smallest absolute Gasteiger partial charge is 0.246 e. The molecular weight excluding hydrogens is 504 g/mol. The zero-order chi connectivity index (χ0) is 27.9. The second-order valence-electron chi connectivity index (χ2n) is 12.8. The summed E-state index contributed by atoms with van der Waals surface area (Å²) in [7, 11) is 0. The molecule has 6 atom stereocenters. The van der Waals surface area contributed by atoms with E-state index in [1.165, 1.54) is 19.3 Å². The van der Waals surface area contributed by atoms with E-state index in [9.17, 15) is 14.4 Å². The van der Waals surface area contributed by atoms with Crippen LogP contribution in [0.4, 0.5) is 5.69 Å². The Morgan fingerprint density at radius 3 is 2.55 bits per heavy atom. The molecular formula is C32H44N4O4. The number of carbonyl (C=O) groups excluding carboxylic acids is 3. The van der Waals surface area contributed by atoms with Crippen molar-refractivity contribution >= 4 is 23.4 Å². The maximum atomic E-state index is 14.2. The number of aryl methyl sites for hydroxylation is 1. The number of benzene rings is 1. The number of carbonyl (C=O) groups is 3. The molecule has 8 nitrogen and oxygen atoms in total. The fourth-order valence-electron chi connectivity index (χ4n) is 7.85.